The highest BCUT2D eigenvalue weighted by atomic mass is 16.5. The second kappa shape index (κ2) is 2.20. The van der Waals surface area contributed by atoms with Crippen molar-refractivity contribution in [3.05, 3.63) is 12.2 Å². The van der Waals surface area contributed by atoms with Gasteiger partial charge in [0.2, 0.25) is 5.89 Å². The van der Waals surface area contributed by atoms with Crippen molar-refractivity contribution < 1.29 is 9.32 Å². The second-order valence-corrected chi connectivity index (χ2v) is 1.21. The van der Waals surface area contributed by atoms with Gasteiger partial charge in [-0.15, -0.1) is 0 Å². The molecule has 0 N–H and O–H groups in total. The fourth-order valence-electron chi connectivity index (χ4n) is 0.357. The minimum atomic E-state index is 0.208. The van der Waals surface area contributed by atoms with Gasteiger partial charge >= 0.3 is 0 Å². The molecule has 0 aliphatic carbocycles. The minimum Gasteiger partial charge on any atom is -0.339 e. The fourth-order valence-corrected chi connectivity index (χ4v) is 0.357. The zero-order chi connectivity index (χ0) is 5.82. The Hall–Kier alpha value is -1.19. The first-order valence-electron chi connectivity index (χ1n) is 2.12. The van der Waals surface area contributed by atoms with Gasteiger partial charge in [-0.05, 0) is 0 Å². The summed E-state index contributed by atoms with van der Waals surface area (Å²) in [6.45, 7) is 0. The summed E-state index contributed by atoms with van der Waals surface area (Å²) in [7, 11) is 0. The molecule has 0 amide bonds. The number of carbonyl (C=O) groups excluding carboxylic acids is 1. The van der Waals surface area contributed by atoms with E-state index in [9.17, 15) is 4.79 Å². The van der Waals surface area contributed by atoms with Crippen LogP contribution in [0.5, 0.6) is 0 Å². The van der Waals surface area contributed by atoms with Crippen molar-refractivity contribution in [3.8, 4) is 0 Å². The van der Waals surface area contributed by atoms with Gasteiger partial charge in [0.15, 0.2) is 6.33 Å². The van der Waals surface area contributed by atoms with Crippen molar-refractivity contribution in [2.75, 3.05) is 0 Å². The highest BCUT2D eigenvalue weighted by Gasteiger charge is 1.93. The number of aromatic nitrogens is 2. The first kappa shape index (κ1) is 4.96. The molecule has 0 spiro atoms. The van der Waals surface area contributed by atoms with Crippen molar-refractivity contribution in [1.29, 1.82) is 0 Å². The molecular weight excluding hydrogens is 108 g/mol. The van der Waals surface area contributed by atoms with E-state index in [0.29, 0.717) is 12.2 Å². The summed E-state index contributed by atoms with van der Waals surface area (Å²) in [5.74, 6) is 0.361. The van der Waals surface area contributed by atoms with Gasteiger partial charge in [0.05, 0.1) is 6.42 Å². The monoisotopic (exact) mass is 112 g/mol. The van der Waals surface area contributed by atoms with Crippen LogP contribution in [0.1, 0.15) is 5.89 Å². The molecule has 0 radical (unpaired) electrons. The molecule has 8 heavy (non-hydrogen) atoms. The van der Waals surface area contributed by atoms with Crippen LogP contribution in [0.4, 0.5) is 0 Å². The molecule has 0 unspecified atom stereocenters. The zero-order valence-corrected chi connectivity index (χ0v) is 4.07. The molecule has 0 saturated heterocycles. The van der Waals surface area contributed by atoms with E-state index in [1.807, 2.05) is 0 Å². The van der Waals surface area contributed by atoms with Gasteiger partial charge in [0.1, 0.15) is 6.29 Å². The molecule has 0 aliphatic heterocycles. The van der Waals surface area contributed by atoms with Crippen LogP contribution in [-0.2, 0) is 11.2 Å². The summed E-state index contributed by atoms with van der Waals surface area (Å²) < 4.78 is 4.48. The highest BCUT2D eigenvalue weighted by molar-refractivity contribution is 5.51. The zero-order valence-electron chi connectivity index (χ0n) is 4.07. The Morgan fingerprint density at radius 3 is 3.25 bits per heavy atom. The third-order valence-corrected chi connectivity index (χ3v) is 0.665. The lowest BCUT2D eigenvalue weighted by Gasteiger charge is -1.74. The molecule has 1 rings (SSSR count). The van der Waals surface area contributed by atoms with Gasteiger partial charge in [-0.2, -0.15) is 4.98 Å². The van der Waals surface area contributed by atoms with Crippen molar-refractivity contribution >= 4 is 6.29 Å². The summed E-state index contributed by atoms with van der Waals surface area (Å²) in [5, 5.41) is 3.30. The molecule has 1 heterocycles. The maximum atomic E-state index is 9.74. The average Bonchev–Trinajstić information content (AvgIpc) is 2.19. The Morgan fingerprint density at radius 1 is 1.88 bits per heavy atom. The Balaban J connectivity index is 2.62. The molecule has 0 aromatic carbocycles. The predicted octanol–water partition coefficient (Wildman–Crippen LogP) is -0.189. The summed E-state index contributed by atoms with van der Waals surface area (Å²) in [5.41, 5.74) is 0. The number of carbonyl (C=O) groups is 1. The lowest BCUT2D eigenvalue weighted by atomic mass is 10.5. The molecule has 42 valence electrons. The van der Waals surface area contributed by atoms with Crippen LogP contribution >= 0.6 is 0 Å². The lowest BCUT2D eigenvalue weighted by molar-refractivity contribution is -0.107. The maximum absolute atomic E-state index is 9.74. The van der Waals surface area contributed by atoms with Crippen molar-refractivity contribution in [3.63, 3.8) is 0 Å². The number of hydrogen-bond donors (Lipinski definition) is 0. The summed E-state index contributed by atoms with van der Waals surface area (Å²) in [4.78, 5) is 13.3. The SMILES string of the molecule is O=CCc1ncno1. The molecule has 0 aliphatic rings. The molecule has 4 nitrogen and oxygen atoms in total. The van der Waals surface area contributed by atoms with Crippen LogP contribution in [0.25, 0.3) is 0 Å². The Morgan fingerprint density at radius 2 is 2.75 bits per heavy atom. The quantitative estimate of drug-likeness (QED) is 0.497. The third-order valence-electron chi connectivity index (χ3n) is 0.665. The largest absolute Gasteiger partial charge is 0.339 e. The van der Waals surface area contributed by atoms with Crippen LogP contribution < -0.4 is 0 Å². The number of nitrogens with zero attached hydrogens (tertiary/aromatic N) is 2. The van der Waals surface area contributed by atoms with Crippen LogP contribution in [0, 0.1) is 0 Å². The predicted molar refractivity (Wildman–Crippen MR) is 24.1 cm³/mol. The van der Waals surface area contributed by atoms with E-state index in [0.717, 1.165) is 0 Å². The van der Waals surface area contributed by atoms with E-state index in [2.05, 4.69) is 14.7 Å². The highest BCUT2D eigenvalue weighted by Crippen LogP contribution is 1.87. The number of rotatable bonds is 2. The smallest absolute Gasteiger partial charge is 0.233 e. The van der Waals surface area contributed by atoms with Gasteiger partial charge in [-0.3, -0.25) is 0 Å². The topological polar surface area (TPSA) is 56.0 Å². The van der Waals surface area contributed by atoms with E-state index in [1.54, 1.807) is 0 Å². The van der Waals surface area contributed by atoms with E-state index >= 15 is 0 Å². The molecule has 4 heteroatoms. The van der Waals surface area contributed by atoms with E-state index in [-0.39, 0.29) is 6.42 Å². The van der Waals surface area contributed by atoms with Gasteiger partial charge in [-0.1, -0.05) is 5.16 Å². The van der Waals surface area contributed by atoms with Crippen molar-refractivity contribution in [2.24, 2.45) is 0 Å². The van der Waals surface area contributed by atoms with Gasteiger partial charge in [0.25, 0.3) is 0 Å². The summed E-state index contributed by atoms with van der Waals surface area (Å²) in [6.07, 6.45) is 2.19. The molecule has 0 bridgehead atoms. The minimum absolute atomic E-state index is 0.208. The van der Waals surface area contributed by atoms with Gasteiger partial charge < -0.3 is 9.32 Å². The van der Waals surface area contributed by atoms with E-state index in [4.69, 9.17) is 0 Å². The van der Waals surface area contributed by atoms with Crippen LogP contribution in [0.3, 0.4) is 0 Å². The van der Waals surface area contributed by atoms with E-state index < -0.39 is 0 Å². The van der Waals surface area contributed by atoms with Crippen LogP contribution in [-0.4, -0.2) is 16.4 Å². The lowest BCUT2D eigenvalue weighted by Crippen LogP contribution is -1.82. The normalized spacial score (nSPS) is 9.00. The van der Waals surface area contributed by atoms with Gasteiger partial charge in [0, 0.05) is 0 Å². The summed E-state index contributed by atoms with van der Waals surface area (Å²) in [6, 6.07) is 0. The van der Waals surface area contributed by atoms with Crippen molar-refractivity contribution in [2.45, 2.75) is 6.42 Å². The fraction of sp³-hybridized carbons (Fsp3) is 0.250. The molecule has 0 fully saturated rings. The standard InChI is InChI=1S/C4H4N2O2/c7-2-1-4-5-3-6-8-4/h2-3H,1H2. The third kappa shape index (κ3) is 0.900. The van der Waals surface area contributed by atoms with E-state index in [1.165, 1.54) is 6.33 Å². The maximum Gasteiger partial charge on any atom is 0.233 e. The van der Waals surface area contributed by atoms with Crippen LogP contribution in [0.2, 0.25) is 0 Å². The van der Waals surface area contributed by atoms with Crippen molar-refractivity contribution in [1.82, 2.24) is 10.1 Å². The Bertz CT molecular complexity index is 159. The molecule has 0 saturated carbocycles. The number of aldehydes is 1. The average molecular weight is 112 g/mol. The van der Waals surface area contributed by atoms with Gasteiger partial charge in [-0.25, -0.2) is 0 Å². The molecule has 1 aromatic heterocycles. The summed E-state index contributed by atoms with van der Waals surface area (Å²) >= 11 is 0. The Labute approximate surface area is 45.5 Å². The van der Waals surface area contributed by atoms with Crippen LogP contribution in [0.15, 0.2) is 10.9 Å². The number of hydrogen-bond acceptors (Lipinski definition) is 4. The Kier molecular flexibility index (Phi) is 1.37. The first-order valence-corrected chi connectivity index (χ1v) is 2.12. The first-order chi connectivity index (χ1) is 3.93. The second-order valence-electron chi connectivity index (χ2n) is 1.21. The molecule has 1 aromatic rings. The molecule has 0 atom stereocenters. The molecular formula is C4H4N2O2.